The topological polar surface area (TPSA) is 74.2 Å². The fraction of sp³-hybridized carbons (Fsp3) is 0.816. The Morgan fingerprint density at radius 1 is 1.02 bits per heavy atom. The van der Waals surface area contributed by atoms with E-state index in [1.807, 2.05) is 0 Å². The van der Waals surface area contributed by atoms with Crippen molar-refractivity contribution in [2.24, 2.45) is 5.92 Å². The van der Waals surface area contributed by atoms with E-state index in [2.05, 4.69) is 112 Å². The first kappa shape index (κ1) is 43.9. The normalized spacial score (nSPS) is 19.8. The van der Waals surface area contributed by atoms with Gasteiger partial charge in [-0.25, -0.2) is 0 Å². The molecule has 0 bridgehead atoms. The Morgan fingerprint density at radius 3 is 2.15 bits per heavy atom. The lowest BCUT2D eigenvalue weighted by molar-refractivity contribution is -0.140. The van der Waals surface area contributed by atoms with Crippen LogP contribution in [-0.2, 0) is 22.8 Å². The lowest BCUT2D eigenvalue weighted by Gasteiger charge is -2.37. The summed E-state index contributed by atoms with van der Waals surface area (Å²) in [6, 6.07) is 3.28. The molecular weight excluding hydrogens is 637 g/mol. The molecule has 1 aliphatic rings. The van der Waals surface area contributed by atoms with E-state index in [0.717, 1.165) is 56.0 Å². The molecule has 47 heavy (non-hydrogen) atoms. The number of ether oxygens (including phenoxy) is 1. The van der Waals surface area contributed by atoms with E-state index in [0.29, 0.717) is 19.3 Å². The third kappa shape index (κ3) is 14.7. The molecule has 1 rings (SSSR count). The second-order valence-electron chi connectivity index (χ2n) is 16.3. The molecule has 0 aromatic rings. The molecule has 9 heteroatoms. The van der Waals surface area contributed by atoms with E-state index >= 15 is 0 Å². The average Bonchev–Trinajstić information content (AvgIpc) is 3.27. The zero-order chi connectivity index (χ0) is 36.1. The van der Waals surface area contributed by atoms with Crippen LogP contribution in [0.15, 0.2) is 23.5 Å². The first-order valence-electron chi connectivity index (χ1n) is 18.4. The van der Waals surface area contributed by atoms with Gasteiger partial charge in [-0.05, 0) is 94.1 Å². The van der Waals surface area contributed by atoms with Crippen molar-refractivity contribution < 1.29 is 27.9 Å². The van der Waals surface area contributed by atoms with Crippen LogP contribution in [0.5, 0.6) is 0 Å². The summed E-state index contributed by atoms with van der Waals surface area (Å²) < 4.78 is 25.9. The van der Waals surface area contributed by atoms with Crippen molar-refractivity contribution in [1.29, 1.82) is 0 Å². The van der Waals surface area contributed by atoms with Crippen LogP contribution in [0, 0.1) is 17.8 Å². The fourth-order valence-corrected chi connectivity index (χ4v) is 11.8. The lowest BCUT2D eigenvalue weighted by atomic mass is 9.92. The number of carbonyl (C=O) groups is 1. The van der Waals surface area contributed by atoms with Gasteiger partial charge in [0.25, 0.3) is 0 Å². The van der Waals surface area contributed by atoms with Gasteiger partial charge in [-0.3, -0.25) is 4.79 Å². The van der Waals surface area contributed by atoms with Gasteiger partial charge in [-0.2, -0.15) is 0 Å². The summed E-state index contributed by atoms with van der Waals surface area (Å²) in [7, 11) is -4.41. The van der Waals surface area contributed by atoms with Crippen LogP contribution in [-0.4, -0.2) is 60.9 Å². The summed E-state index contributed by atoms with van der Waals surface area (Å²) in [6.45, 7) is 29.7. The second kappa shape index (κ2) is 19.3. The van der Waals surface area contributed by atoms with Gasteiger partial charge in [0.15, 0.2) is 16.6 Å². The third-order valence-corrected chi connectivity index (χ3v) is 20.3. The minimum atomic E-state index is -2.13. The Bertz CT molecular complexity index is 1080. The van der Waals surface area contributed by atoms with Gasteiger partial charge < -0.3 is 23.1 Å². The number of methoxy groups -OCH3 is 1. The van der Waals surface area contributed by atoms with Gasteiger partial charge in [-0.15, -0.1) is 0 Å². The number of hydrogen-bond acceptors (Lipinski definition) is 6. The first-order valence-corrected chi connectivity index (χ1v) is 27.2. The minimum Gasteiger partial charge on any atom is -0.546 e. The third-order valence-electron chi connectivity index (χ3n) is 10.2. The maximum absolute atomic E-state index is 11.5. The van der Waals surface area contributed by atoms with Crippen molar-refractivity contribution in [3.63, 3.8) is 0 Å². The van der Waals surface area contributed by atoms with Crippen molar-refractivity contribution in [2.45, 2.75) is 187 Å². The molecule has 6 nitrogen and oxygen atoms in total. The van der Waals surface area contributed by atoms with E-state index in [1.165, 1.54) is 12.7 Å². The smallest absolute Gasteiger partial charge is 0.305 e. The SMILES string of the molecule is CCCCC(C)(C/C=C/[C@H]1C(CC#CC(O)CCCC(=O)OC)=C(O[Si](C)(C)C(C)(C)C)C[C@@H]1O[Si](CC)(CC)CC)O[Si](C)(C)C. The molecule has 0 saturated heterocycles. The minimum absolute atomic E-state index is 0.0131. The van der Waals surface area contributed by atoms with Crippen molar-refractivity contribution in [3.8, 4) is 11.8 Å². The highest BCUT2D eigenvalue weighted by molar-refractivity contribution is 6.74. The Kier molecular flexibility index (Phi) is 18.0. The fourth-order valence-electron chi connectivity index (χ4n) is 6.14. The molecule has 0 aromatic carbocycles. The van der Waals surface area contributed by atoms with Crippen LogP contribution in [0.3, 0.4) is 0 Å². The van der Waals surface area contributed by atoms with Gasteiger partial charge in [-0.1, -0.05) is 85.3 Å². The van der Waals surface area contributed by atoms with E-state index in [4.69, 9.17) is 18.0 Å². The van der Waals surface area contributed by atoms with Crippen LogP contribution in [0.25, 0.3) is 0 Å². The van der Waals surface area contributed by atoms with Crippen LogP contribution < -0.4 is 0 Å². The van der Waals surface area contributed by atoms with Crippen LogP contribution >= 0.6 is 0 Å². The molecule has 0 amide bonds. The molecule has 1 N–H and O–H groups in total. The zero-order valence-electron chi connectivity index (χ0n) is 32.9. The van der Waals surface area contributed by atoms with Crippen molar-refractivity contribution >= 4 is 30.9 Å². The lowest BCUT2D eigenvalue weighted by Crippen LogP contribution is -2.42. The predicted octanol–water partition coefficient (Wildman–Crippen LogP) is 10.5. The highest BCUT2D eigenvalue weighted by Gasteiger charge is 2.45. The molecule has 0 spiro atoms. The molecule has 1 aliphatic carbocycles. The quantitative estimate of drug-likeness (QED) is 0.0587. The van der Waals surface area contributed by atoms with E-state index in [1.54, 1.807) is 0 Å². The summed E-state index contributed by atoms with van der Waals surface area (Å²) >= 11 is 0. The Balaban J connectivity index is 3.61. The second-order valence-corrected chi connectivity index (χ2v) is 30.2. The van der Waals surface area contributed by atoms with Crippen molar-refractivity contribution in [2.75, 3.05) is 7.11 Å². The zero-order valence-corrected chi connectivity index (χ0v) is 35.9. The first-order chi connectivity index (χ1) is 21.7. The maximum Gasteiger partial charge on any atom is 0.305 e. The maximum atomic E-state index is 11.5. The standard InChI is InChI=1S/C38H72O6Si3/c1-15-19-28-38(8,44-45(10,11)12)29-22-26-33-32(25-20-23-31(39)24-21-27-36(40)41-9)34(42-46(13,14)37(5,6)7)30-35(33)43-47(16-2,17-3)18-4/h22,26,31,33,35,39H,15-19,21,24-25,27-30H2,1-14H3/b26-22+/t31?,33-,35-,38?/m0/s1. The summed E-state index contributed by atoms with van der Waals surface area (Å²) in [5.74, 6) is 7.22. The summed E-state index contributed by atoms with van der Waals surface area (Å²) in [5.41, 5.74) is 0.997. The highest BCUT2D eigenvalue weighted by atomic mass is 28.4. The average molecular weight is 709 g/mol. The number of esters is 1. The van der Waals surface area contributed by atoms with Crippen LogP contribution in [0.2, 0.25) is 55.9 Å². The largest absolute Gasteiger partial charge is 0.546 e. The number of carbonyl (C=O) groups excluding carboxylic acids is 1. The van der Waals surface area contributed by atoms with Crippen LogP contribution in [0.4, 0.5) is 0 Å². The molecule has 0 aliphatic heterocycles. The summed E-state index contributed by atoms with van der Waals surface area (Å²) in [6.07, 6.45) is 10.7. The molecule has 0 heterocycles. The van der Waals surface area contributed by atoms with Crippen molar-refractivity contribution in [1.82, 2.24) is 0 Å². The summed E-state index contributed by atoms with van der Waals surface area (Å²) in [5, 5.41) is 10.7. The number of aliphatic hydroxyl groups is 1. The van der Waals surface area contributed by atoms with E-state index < -0.39 is 31.1 Å². The number of rotatable bonds is 20. The molecule has 4 atom stereocenters. The number of unbranched alkanes of at least 4 members (excludes halogenated alkanes) is 1. The number of aliphatic hydroxyl groups excluding tert-OH is 1. The van der Waals surface area contributed by atoms with E-state index in [9.17, 15) is 9.90 Å². The molecule has 0 fully saturated rings. The van der Waals surface area contributed by atoms with Gasteiger partial charge >= 0.3 is 5.97 Å². The highest BCUT2D eigenvalue weighted by Crippen LogP contribution is 2.45. The molecule has 2 unspecified atom stereocenters. The van der Waals surface area contributed by atoms with Gasteiger partial charge in [0.05, 0.1) is 24.6 Å². The number of hydrogen-bond donors (Lipinski definition) is 1. The Morgan fingerprint density at radius 2 is 1.64 bits per heavy atom. The van der Waals surface area contributed by atoms with Gasteiger partial charge in [0.2, 0.25) is 8.32 Å². The van der Waals surface area contributed by atoms with E-state index in [-0.39, 0.29) is 35.1 Å². The molecular formula is C38H72O6Si3. The van der Waals surface area contributed by atoms with Gasteiger partial charge in [0, 0.05) is 25.2 Å². The van der Waals surface area contributed by atoms with Crippen molar-refractivity contribution in [3.05, 3.63) is 23.5 Å². The van der Waals surface area contributed by atoms with Gasteiger partial charge in [0.1, 0.15) is 6.10 Å². The molecule has 0 aromatic heterocycles. The molecule has 0 radical (unpaired) electrons. The Hall–Kier alpha value is -1.16. The molecule has 272 valence electrons. The molecule has 0 saturated carbocycles. The monoisotopic (exact) mass is 708 g/mol. The summed E-state index contributed by atoms with van der Waals surface area (Å²) in [4.78, 5) is 11.5. The predicted molar refractivity (Wildman–Crippen MR) is 206 cm³/mol. The Labute approximate surface area is 293 Å². The van der Waals surface area contributed by atoms with Crippen LogP contribution in [0.1, 0.15) is 113 Å².